The van der Waals surface area contributed by atoms with Crippen molar-refractivity contribution in [2.24, 2.45) is 11.8 Å². The topological polar surface area (TPSA) is 98.5 Å². The summed E-state index contributed by atoms with van der Waals surface area (Å²) in [5, 5.41) is 13.5. The molecule has 0 aliphatic heterocycles. The summed E-state index contributed by atoms with van der Waals surface area (Å²) in [6.07, 6.45) is 3.12. The zero-order valence-electron chi connectivity index (χ0n) is 11.9. The number of allylic oxidation sites excluding steroid dienone is 1. The van der Waals surface area contributed by atoms with Gasteiger partial charge in [-0.3, -0.25) is 19.7 Å². The number of nitrogens with one attached hydrogen (secondary N) is 1. The quantitative estimate of drug-likeness (QED) is 0.506. The van der Waals surface area contributed by atoms with Gasteiger partial charge in [0.05, 0.1) is 4.92 Å². The molecule has 3 atom stereocenters. The second-order valence-corrected chi connectivity index (χ2v) is 6.02. The third-order valence-corrected chi connectivity index (χ3v) is 4.57. The van der Waals surface area contributed by atoms with E-state index in [-0.39, 0.29) is 34.6 Å². The number of rotatable bonds is 5. The van der Waals surface area contributed by atoms with Gasteiger partial charge in [-0.25, -0.2) is 0 Å². The molecule has 0 spiro atoms. The standard InChI is InChI=1S/C15H13ClN2O5/c16-12-2-1-9(6-13(12)18(21)22)17-15(20)11-4-8-3-10(11)14(5-8)23-7-19/h1-2,4,6-8,10,14H,3,5H2,(H,17,20). The number of carbonyl (C=O) groups excluding carboxylic acids is 2. The molecule has 0 radical (unpaired) electrons. The predicted molar refractivity (Wildman–Crippen MR) is 82.0 cm³/mol. The monoisotopic (exact) mass is 336 g/mol. The van der Waals surface area contributed by atoms with Gasteiger partial charge < -0.3 is 10.1 Å². The summed E-state index contributed by atoms with van der Waals surface area (Å²) in [6, 6.07) is 4.08. The summed E-state index contributed by atoms with van der Waals surface area (Å²) in [5.74, 6) is -0.231. The average Bonchev–Trinajstić information content (AvgIpc) is 3.09. The summed E-state index contributed by atoms with van der Waals surface area (Å²) in [4.78, 5) is 33.2. The van der Waals surface area contributed by atoms with Gasteiger partial charge in [-0.15, -0.1) is 0 Å². The number of halogens is 1. The van der Waals surface area contributed by atoms with Crippen molar-refractivity contribution in [2.75, 3.05) is 5.32 Å². The zero-order chi connectivity index (χ0) is 16.6. The number of anilines is 1. The molecule has 2 aliphatic carbocycles. The van der Waals surface area contributed by atoms with E-state index in [1.54, 1.807) is 0 Å². The highest BCUT2D eigenvalue weighted by Crippen LogP contribution is 2.45. The van der Waals surface area contributed by atoms with Crippen LogP contribution in [0.4, 0.5) is 11.4 Å². The van der Waals surface area contributed by atoms with Crippen molar-refractivity contribution in [3.63, 3.8) is 0 Å². The highest BCUT2D eigenvalue weighted by atomic mass is 35.5. The van der Waals surface area contributed by atoms with E-state index in [0.717, 1.165) is 12.8 Å². The highest BCUT2D eigenvalue weighted by molar-refractivity contribution is 6.32. The molecule has 1 fully saturated rings. The molecule has 1 aromatic rings. The first-order valence-electron chi connectivity index (χ1n) is 7.05. The molecule has 1 N–H and O–H groups in total. The molecule has 2 aliphatic rings. The minimum absolute atomic E-state index is 0.00610. The molecular weight excluding hydrogens is 324 g/mol. The number of benzene rings is 1. The Hall–Kier alpha value is -2.41. The van der Waals surface area contributed by atoms with Crippen molar-refractivity contribution in [1.82, 2.24) is 0 Å². The number of hydrogen-bond acceptors (Lipinski definition) is 5. The maximum Gasteiger partial charge on any atom is 0.293 e. The van der Waals surface area contributed by atoms with E-state index in [1.165, 1.54) is 18.2 Å². The van der Waals surface area contributed by atoms with E-state index in [2.05, 4.69) is 5.32 Å². The first kappa shape index (κ1) is 15.5. The highest BCUT2D eigenvalue weighted by Gasteiger charge is 2.44. The van der Waals surface area contributed by atoms with Gasteiger partial charge in [0.15, 0.2) is 0 Å². The second-order valence-electron chi connectivity index (χ2n) is 5.61. The second kappa shape index (κ2) is 6.00. The minimum atomic E-state index is -0.608. The zero-order valence-corrected chi connectivity index (χ0v) is 12.7. The van der Waals surface area contributed by atoms with Crippen LogP contribution in [0.3, 0.4) is 0 Å². The normalized spacial score (nSPS) is 24.9. The van der Waals surface area contributed by atoms with Gasteiger partial charge >= 0.3 is 0 Å². The van der Waals surface area contributed by atoms with E-state index in [4.69, 9.17) is 16.3 Å². The van der Waals surface area contributed by atoms with Crippen molar-refractivity contribution >= 4 is 35.4 Å². The Labute approximate surface area is 136 Å². The van der Waals surface area contributed by atoms with Crippen LogP contribution in [0, 0.1) is 22.0 Å². The minimum Gasteiger partial charge on any atom is -0.464 e. The van der Waals surface area contributed by atoms with Crippen LogP contribution >= 0.6 is 11.6 Å². The van der Waals surface area contributed by atoms with Gasteiger partial charge in [0.25, 0.3) is 18.1 Å². The number of nitro benzene ring substituents is 1. The number of carbonyl (C=O) groups is 2. The van der Waals surface area contributed by atoms with Crippen LogP contribution in [-0.2, 0) is 14.3 Å². The smallest absolute Gasteiger partial charge is 0.293 e. The molecule has 2 bridgehead atoms. The van der Waals surface area contributed by atoms with Crippen LogP contribution < -0.4 is 5.32 Å². The molecule has 0 heterocycles. The van der Waals surface area contributed by atoms with E-state index >= 15 is 0 Å². The number of fused-ring (bicyclic) bond motifs is 2. The first-order chi connectivity index (χ1) is 11.0. The Bertz CT molecular complexity index is 718. The van der Waals surface area contributed by atoms with Gasteiger partial charge in [-0.1, -0.05) is 17.7 Å². The van der Waals surface area contributed by atoms with Crippen LogP contribution in [0.5, 0.6) is 0 Å². The largest absolute Gasteiger partial charge is 0.464 e. The number of ether oxygens (including phenoxy) is 1. The summed E-state index contributed by atoms with van der Waals surface area (Å²) >= 11 is 5.74. The van der Waals surface area contributed by atoms with Crippen LogP contribution in [0.15, 0.2) is 29.8 Å². The lowest BCUT2D eigenvalue weighted by atomic mass is 9.95. The molecule has 23 heavy (non-hydrogen) atoms. The van der Waals surface area contributed by atoms with Crippen LogP contribution in [0.2, 0.25) is 5.02 Å². The van der Waals surface area contributed by atoms with Gasteiger partial charge in [0.2, 0.25) is 0 Å². The van der Waals surface area contributed by atoms with Crippen molar-refractivity contribution in [2.45, 2.75) is 18.9 Å². The van der Waals surface area contributed by atoms with Gasteiger partial charge in [-0.2, -0.15) is 0 Å². The summed E-state index contributed by atoms with van der Waals surface area (Å²) in [7, 11) is 0. The molecule has 0 aromatic heterocycles. The van der Waals surface area contributed by atoms with Crippen molar-refractivity contribution in [3.05, 3.63) is 45.0 Å². The van der Waals surface area contributed by atoms with Crippen LogP contribution in [-0.4, -0.2) is 23.4 Å². The van der Waals surface area contributed by atoms with Gasteiger partial charge in [0, 0.05) is 23.2 Å². The summed E-state index contributed by atoms with van der Waals surface area (Å²) < 4.78 is 5.03. The molecule has 1 amide bonds. The number of nitro groups is 1. The van der Waals surface area contributed by atoms with Crippen LogP contribution in [0.1, 0.15) is 12.8 Å². The Balaban J connectivity index is 1.76. The molecule has 1 saturated carbocycles. The molecular formula is C15H13ClN2O5. The molecule has 8 heteroatoms. The number of nitrogens with zero attached hydrogens (tertiary/aromatic N) is 1. The Morgan fingerprint density at radius 1 is 1.43 bits per heavy atom. The third kappa shape index (κ3) is 2.92. The fourth-order valence-electron chi connectivity index (χ4n) is 3.28. The molecule has 3 rings (SSSR count). The fraction of sp³-hybridized carbons (Fsp3) is 0.333. The SMILES string of the molecule is O=COC1CC2C=C(C(=O)Nc3ccc(Cl)c([N+](=O)[O-])c3)C1C2. The number of hydrogen-bond donors (Lipinski definition) is 1. The Morgan fingerprint density at radius 3 is 2.87 bits per heavy atom. The third-order valence-electron chi connectivity index (χ3n) is 4.25. The van der Waals surface area contributed by atoms with E-state index in [9.17, 15) is 19.7 Å². The average molecular weight is 337 g/mol. The number of amides is 1. The van der Waals surface area contributed by atoms with Gasteiger partial charge in [-0.05, 0) is 30.9 Å². The first-order valence-corrected chi connectivity index (χ1v) is 7.43. The Morgan fingerprint density at radius 2 is 2.22 bits per heavy atom. The van der Waals surface area contributed by atoms with Gasteiger partial charge in [0.1, 0.15) is 11.1 Å². The summed E-state index contributed by atoms with van der Waals surface area (Å²) in [6.45, 7) is 0.406. The molecule has 1 aromatic carbocycles. The lowest BCUT2D eigenvalue weighted by molar-refractivity contribution is -0.384. The molecule has 0 saturated heterocycles. The fourth-order valence-corrected chi connectivity index (χ4v) is 3.46. The van der Waals surface area contributed by atoms with Crippen molar-refractivity contribution in [1.29, 1.82) is 0 Å². The molecule has 120 valence electrons. The summed E-state index contributed by atoms with van der Waals surface area (Å²) in [5.41, 5.74) is 0.585. The Kier molecular flexibility index (Phi) is 4.04. The van der Waals surface area contributed by atoms with E-state index in [1.807, 2.05) is 6.08 Å². The maximum absolute atomic E-state index is 12.4. The lowest BCUT2D eigenvalue weighted by Gasteiger charge is -2.21. The molecule has 3 unspecified atom stereocenters. The van der Waals surface area contributed by atoms with Crippen LogP contribution in [0.25, 0.3) is 0 Å². The molecule has 7 nitrogen and oxygen atoms in total. The van der Waals surface area contributed by atoms with Crippen molar-refractivity contribution < 1.29 is 19.2 Å². The van der Waals surface area contributed by atoms with E-state index < -0.39 is 4.92 Å². The van der Waals surface area contributed by atoms with Crippen molar-refractivity contribution in [3.8, 4) is 0 Å². The van der Waals surface area contributed by atoms with E-state index in [0.29, 0.717) is 17.7 Å². The maximum atomic E-state index is 12.4. The predicted octanol–water partition coefficient (Wildman–Crippen LogP) is 2.69. The lowest BCUT2D eigenvalue weighted by Crippen LogP contribution is -2.27.